The Labute approximate surface area is 137 Å². The molecule has 0 amide bonds. The Hall–Kier alpha value is -1.94. The molecule has 23 heavy (non-hydrogen) atoms. The number of aromatic amines is 1. The number of aromatic nitrogens is 2. The molecule has 0 aliphatic heterocycles. The van der Waals surface area contributed by atoms with Gasteiger partial charge >= 0.3 is 0 Å². The first-order valence-electron chi connectivity index (χ1n) is 8.12. The molecule has 1 aliphatic carbocycles. The lowest BCUT2D eigenvalue weighted by Gasteiger charge is -2.15. The summed E-state index contributed by atoms with van der Waals surface area (Å²) in [6.07, 6.45) is 6.54. The quantitative estimate of drug-likeness (QED) is 0.834. The summed E-state index contributed by atoms with van der Waals surface area (Å²) in [5.41, 5.74) is 5.76. The standard InChI is InChI=1S/C19H24FN3/c1-5-14-16(13(3)20)17(15-6-9-22-10-12(15)2)23-18(14)19(7-8-19)11-21-4/h5-6,9-10,13,21,23H,1,7-8,11H2,2-4H3. The zero-order valence-electron chi connectivity index (χ0n) is 14.0. The van der Waals surface area contributed by atoms with E-state index in [1.165, 1.54) is 0 Å². The van der Waals surface area contributed by atoms with Crippen LogP contribution in [0.4, 0.5) is 4.39 Å². The SMILES string of the molecule is C=Cc1c(C2(CNC)CC2)[nH]c(-c2ccncc2C)c1C(C)F. The van der Waals surface area contributed by atoms with E-state index in [4.69, 9.17) is 0 Å². The van der Waals surface area contributed by atoms with Crippen molar-refractivity contribution in [2.45, 2.75) is 38.3 Å². The minimum absolute atomic E-state index is 0.0844. The molecule has 0 aromatic carbocycles. The summed E-state index contributed by atoms with van der Waals surface area (Å²) in [4.78, 5) is 7.70. The summed E-state index contributed by atoms with van der Waals surface area (Å²) in [6, 6.07) is 1.95. The lowest BCUT2D eigenvalue weighted by Crippen LogP contribution is -2.24. The van der Waals surface area contributed by atoms with Crippen LogP contribution in [-0.4, -0.2) is 23.6 Å². The van der Waals surface area contributed by atoms with Crippen LogP contribution in [0.1, 0.15) is 48.3 Å². The Morgan fingerprint density at radius 2 is 2.26 bits per heavy atom. The number of likely N-dealkylation sites (N-methyl/N-ethyl adjacent to an activating group) is 1. The molecule has 1 saturated carbocycles. The van der Waals surface area contributed by atoms with Crippen LogP contribution in [0.3, 0.4) is 0 Å². The lowest BCUT2D eigenvalue weighted by molar-refractivity contribution is 0.375. The fraction of sp³-hybridized carbons (Fsp3) is 0.421. The molecule has 2 aromatic heterocycles. The van der Waals surface area contributed by atoms with Gasteiger partial charge in [0.25, 0.3) is 0 Å². The van der Waals surface area contributed by atoms with Crippen LogP contribution in [0.2, 0.25) is 0 Å². The van der Waals surface area contributed by atoms with Crippen molar-refractivity contribution < 1.29 is 4.39 Å². The molecular weight excluding hydrogens is 289 g/mol. The highest BCUT2D eigenvalue weighted by Gasteiger charge is 2.47. The van der Waals surface area contributed by atoms with Crippen LogP contribution in [-0.2, 0) is 5.41 Å². The fourth-order valence-electron chi connectivity index (χ4n) is 3.54. The van der Waals surface area contributed by atoms with Gasteiger partial charge in [0.15, 0.2) is 0 Å². The third-order valence-corrected chi connectivity index (χ3v) is 4.87. The maximum absolute atomic E-state index is 14.5. The Morgan fingerprint density at radius 1 is 1.52 bits per heavy atom. The van der Waals surface area contributed by atoms with E-state index in [2.05, 4.69) is 21.9 Å². The number of nitrogens with zero attached hydrogens (tertiary/aromatic N) is 1. The molecule has 0 saturated heterocycles. The first-order valence-corrected chi connectivity index (χ1v) is 8.12. The molecular formula is C19H24FN3. The van der Waals surface area contributed by atoms with Gasteiger partial charge in [-0.1, -0.05) is 12.7 Å². The number of rotatable bonds is 6. The van der Waals surface area contributed by atoms with E-state index in [1.807, 2.05) is 26.2 Å². The minimum Gasteiger partial charge on any atom is -0.357 e. The van der Waals surface area contributed by atoms with Gasteiger partial charge in [-0.2, -0.15) is 0 Å². The van der Waals surface area contributed by atoms with Crippen LogP contribution in [0.5, 0.6) is 0 Å². The van der Waals surface area contributed by atoms with Crippen molar-refractivity contribution in [2.75, 3.05) is 13.6 Å². The van der Waals surface area contributed by atoms with Gasteiger partial charge in [0, 0.05) is 46.7 Å². The first kappa shape index (κ1) is 15.9. The van der Waals surface area contributed by atoms with Crippen molar-refractivity contribution in [2.24, 2.45) is 0 Å². The second-order valence-corrected chi connectivity index (χ2v) is 6.52. The lowest BCUT2D eigenvalue weighted by atomic mass is 9.94. The minimum atomic E-state index is -1.05. The van der Waals surface area contributed by atoms with Crippen LogP contribution < -0.4 is 5.32 Å². The largest absolute Gasteiger partial charge is 0.357 e. The average molecular weight is 313 g/mol. The summed E-state index contributed by atoms with van der Waals surface area (Å²) >= 11 is 0. The van der Waals surface area contributed by atoms with E-state index in [1.54, 1.807) is 19.2 Å². The maximum atomic E-state index is 14.5. The van der Waals surface area contributed by atoms with E-state index in [-0.39, 0.29) is 5.41 Å². The van der Waals surface area contributed by atoms with Gasteiger partial charge < -0.3 is 10.3 Å². The number of hydrogen-bond donors (Lipinski definition) is 2. The van der Waals surface area contributed by atoms with E-state index in [0.717, 1.165) is 47.5 Å². The third-order valence-electron chi connectivity index (χ3n) is 4.87. The zero-order chi connectivity index (χ0) is 16.6. The summed E-state index contributed by atoms with van der Waals surface area (Å²) in [5, 5.41) is 3.27. The maximum Gasteiger partial charge on any atom is 0.125 e. The summed E-state index contributed by atoms with van der Waals surface area (Å²) in [7, 11) is 1.96. The Morgan fingerprint density at radius 3 is 2.78 bits per heavy atom. The van der Waals surface area contributed by atoms with E-state index in [9.17, 15) is 4.39 Å². The van der Waals surface area contributed by atoms with Crippen molar-refractivity contribution in [3.8, 4) is 11.3 Å². The topological polar surface area (TPSA) is 40.7 Å². The summed E-state index contributed by atoms with van der Waals surface area (Å²) in [5.74, 6) is 0. The predicted octanol–water partition coefficient (Wildman–Crippen LogP) is 4.31. The van der Waals surface area contributed by atoms with E-state index in [0.29, 0.717) is 5.56 Å². The van der Waals surface area contributed by atoms with Crippen molar-refractivity contribution in [3.05, 3.63) is 47.4 Å². The number of H-pyrrole nitrogens is 1. The molecule has 2 N–H and O–H groups in total. The summed E-state index contributed by atoms with van der Waals surface area (Å²) in [6.45, 7) is 8.44. The van der Waals surface area contributed by atoms with Gasteiger partial charge in [-0.3, -0.25) is 4.98 Å². The molecule has 4 heteroatoms. The highest BCUT2D eigenvalue weighted by Crippen LogP contribution is 2.51. The Bertz CT molecular complexity index is 726. The van der Waals surface area contributed by atoms with Crippen molar-refractivity contribution in [1.29, 1.82) is 0 Å². The molecule has 2 heterocycles. The van der Waals surface area contributed by atoms with Gasteiger partial charge in [-0.15, -0.1) is 0 Å². The molecule has 1 aliphatic rings. The first-order chi connectivity index (χ1) is 11.0. The predicted molar refractivity (Wildman–Crippen MR) is 93.2 cm³/mol. The monoisotopic (exact) mass is 313 g/mol. The third kappa shape index (κ3) is 2.61. The number of hydrogen-bond acceptors (Lipinski definition) is 2. The normalized spacial score (nSPS) is 17.0. The highest BCUT2D eigenvalue weighted by atomic mass is 19.1. The van der Waals surface area contributed by atoms with Gasteiger partial charge in [-0.05, 0) is 45.4 Å². The van der Waals surface area contributed by atoms with E-state index >= 15 is 0 Å². The molecule has 0 spiro atoms. The molecule has 3 nitrogen and oxygen atoms in total. The van der Waals surface area contributed by atoms with Crippen LogP contribution in [0.15, 0.2) is 25.0 Å². The molecule has 0 bridgehead atoms. The van der Waals surface area contributed by atoms with E-state index < -0.39 is 6.17 Å². The van der Waals surface area contributed by atoms with Crippen molar-refractivity contribution >= 4 is 6.08 Å². The smallest absolute Gasteiger partial charge is 0.125 e. The number of alkyl halides is 1. The number of aryl methyl sites for hydroxylation is 1. The second kappa shape index (κ2) is 5.93. The molecule has 0 radical (unpaired) electrons. The zero-order valence-corrected chi connectivity index (χ0v) is 14.0. The number of pyridine rings is 1. The van der Waals surface area contributed by atoms with Gasteiger partial charge in [0.2, 0.25) is 0 Å². The van der Waals surface area contributed by atoms with Crippen LogP contribution >= 0.6 is 0 Å². The molecule has 1 unspecified atom stereocenters. The van der Waals surface area contributed by atoms with Crippen LogP contribution in [0.25, 0.3) is 17.3 Å². The molecule has 122 valence electrons. The van der Waals surface area contributed by atoms with Crippen molar-refractivity contribution in [1.82, 2.24) is 15.3 Å². The highest BCUT2D eigenvalue weighted by molar-refractivity contribution is 5.75. The Balaban J connectivity index is 2.23. The second-order valence-electron chi connectivity index (χ2n) is 6.52. The van der Waals surface area contributed by atoms with Gasteiger partial charge in [0.05, 0.1) is 5.69 Å². The van der Waals surface area contributed by atoms with Crippen molar-refractivity contribution in [3.63, 3.8) is 0 Å². The molecule has 1 fully saturated rings. The van der Waals surface area contributed by atoms with Crippen LogP contribution in [0, 0.1) is 6.92 Å². The van der Waals surface area contributed by atoms with Gasteiger partial charge in [-0.25, -0.2) is 4.39 Å². The van der Waals surface area contributed by atoms with Gasteiger partial charge in [0.1, 0.15) is 6.17 Å². The number of nitrogens with one attached hydrogen (secondary N) is 2. The molecule has 3 rings (SSSR count). The fourth-order valence-corrected chi connectivity index (χ4v) is 3.54. The molecule has 2 aromatic rings. The Kier molecular flexibility index (Phi) is 4.11. The summed E-state index contributed by atoms with van der Waals surface area (Å²) < 4.78 is 14.5. The molecule has 1 atom stereocenters. The number of halogens is 1. The average Bonchev–Trinajstić information content (AvgIpc) is 3.19.